The first-order chi connectivity index (χ1) is 11.1. The Bertz CT molecular complexity index is 620. The predicted molar refractivity (Wildman–Crippen MR) is 77.6 cm³/mol. The summed E-state index contributed by atoms with van der Waals surface area (Å²) in [5.41, 5.74) is 0.202. The van der Waals surface area contributed by atoms with Crippen LogP contribution in [0.2, 0.25) is 0 Å². The van der Waals surface area contributed by atoms with E-state index in [-0.39, 0.29) is 5.69 Å². The predicted octanol–water partition coefficient (Wildman–Crippen LogP) is 1.27. The van der Waals surface area contributed by atoms with Gasteiger partial charge in [-0.1, -0.05) is 0 Å². The van der Waals surface area contributed by atoms with E-state index in [0.29, 0.717) is 5.95 Å². The third kappa shape index (κ3) is 3.84. The van der Waals surface area contributed by atoms with Gasteiger partial charge in [0.15, 0.2) is 0 Å². The van der Waals surface area contributed by atoms with Crippen LogP contribution < -0.4 is 10.2 Å². The summed E-state index contributed by atoms with van der Waals surface area (Å²) in [5, 5.41) is 11.3. The Labute approximate surface area is 135 Å². The second kappa shape index (κ2) is 6.49. The van der Waals surface area contributed by atoms with Gasteiger partial charge in [0, 0.05) is 27.2 Å². The number of anilines is 2. The number of amides is 2. The number of urea groups is 1. The summed E-state index contributed by atoms with van der Waals surface area (Å²) >= 11 is 0. The SMILES string of the molecule is CN(C)c1ncc(NC(=O)N2C[C@@H](C(F)(F)F)[C@H](C(=O)O)C2)cn1. The molecule has 132 valence electrons. The second-order valence-corrected chi connectivity index (χ2v) is 5.59. The topological polar surface area (TPSA) is 98.7 Å². The van der Waals surface area contributed by atoms with E-state index in [0.717, 1.165) is 4.90 Å². The summed E-state index contributed by atoms with van der Waals surface area (Å²) in [7, 11) is 3.45. The van der Waals surface area contributed by atoms with Crippen LogP contribution in [0.4, 0.5) is 29.6 Å². The molecular weight excluding hydrogens is 331 g/mol. The molecule has 1 aromatic heterocycles. The third-order valence-electron chi connectivity index (χ3n) is 3.63. The lowest BCUT2D eigenvalue weighted by Crippen LogP contribution is -2.35. The Morgan fingerprint density at radius 2 is 1.88 bits per heavy atom. The quantitative estimate of drug-likeness (QED) is 0.854. The number of nitrogens with one attached hydrogen (secondary N) is 1. The maximum absolute atomic E-state index is 12.9. The van der Waals surface area contributed by atoms with Gasteiger partial charge in [0.25, 0.3) is 0 Å². The minimum atomic E-state index is -4.69. The van der Waals surface area contributed by atoms with E-state index < -0.39 is 43.1 Å². The van der Waals surface area contributed by atoms with Crippen molar-refractivity contribution in [3.05, 3.63) is 12.4 Å². The molecule has 1 aliphatic heterocycles. The van der Waals surface area contributed by atoms with Crippen molar-refractivity contribution < 1.29 is 27.9 Å². The van der Waals surface area contributed by atoms with Gasteiger partial charge in [0.1, 0.15) is 0 Å². The minimum Gasteiger partial charge on any atom is -0.481 e. The number of aromatic nitrogens is 2. The molecule has 0 radical (unpaired) electrons. The van der Waals surface area contributed by atoms with Gasteiger partial charge in [-0.2, -0.15) is 13.2 Å². The lowest BCUT2D eigenvalue weighted by atomic mass is 9.96. The van der Waals surface area contributed by atoms with E-state index in [9.17, 15) is 22.8 Å². The van der Waals surface area contributed by atoms with Gasteiger partial charge in [-0.15, -0.1) is 0 Å². The fourth-order valence-corrected chi connectivity index (χ4v) is 2.37. The Hall–Kier alpha value is -2.59. The minimum absolute atomic E-state index is 0.202. The maximum atomic E-state index is 12.9. The first-order valence-electron chi connectivity index (χ1n) is 6.94. The number of nitrogens with zero attached hydrogens (tertiary/aromatic N) is 4. The molecule has 0 spiro atoms. The van der Waals surface area contributed by atoms with Crippen LogP contribution in [-0.4, -0.2) is 65.3 Å². The molecule has 0 saturated carbocycles. The maximum Gasteiger partial charge on any atom is 0.394 e. The Morgan fingerprint density at radius 3 is 2.29 bits per heavy atom. The number of alkyl halides is 3. The van der Waals surface area contributed by atoms with Gasteiger partial charge in [-0.05, 0) is 0 Å². The molecule has 0 aliphatic carbocycles. The number of carbonyl (C=O) groups excluding carboxylic acids is 1. The highest BCUT2D eigenvalue weighted by Gasteiger charge is 2.53. The van der Waals surface area contributed by atoms with Crippen molar-refractivity contribution in [2.45, 2.75) is 6.18 Å². The lowest BCUT2D eigenvalue weighted by Gasteiger charge is -2.18. The Morgan fingerprint density at radius 1 is 1.29 bits per heavy atom. The van der Waals surface area contributed by atoms with E-state index in [2.05, 4.69) is 15.3 Å². The summed E-state index contributed by atoms with van der Waals surface area (Å²) in [5.74, 6) is -4.94. The van der Waals surface area contributed by atoms with Crippen molar-refractivity contribution in [1.82, 2.24) is 14.9 Å². The van der Waals surface area contributed by atoms with Crippen LogP contribution in [0.1, 0.15) is 0 Å². The van der Waals surface area contributed by atoms with Crippen molar-refractivity contribution in [3.63, 3.8) is 0 Å². The smallest absolute Gasteiger partial charge is 0.394 e. The van der Waals surface area contributed by atoms with Crippen molar-refractivity contribution in [2.24, 2.45) is 11.8 Å². The number of aliphatic carboxylic acids is 1. The van der Waals surface area contributed by atoms with Crippen molar-refractivity contribution in [3.8, 4) is 0 Å². The average molecular weight is 347 g/mol. The molecule has 2 rings (SSSR count). The van der Waals surface area contributed by atoms with Crippen molar-refractivity contribution in [2.75, 3.05) is 37.4 Å². The van der Waals surface area contributed by atoms with Gasteiger partial charge in [-0.3, -0.25) is 4.79 Å². The number of carbonyl (C=O) groups is 2. The summed E-state index contributed by atoms with van der Waals surface area (Å²) in [4.78, 5) is 33.5. The summed E-state index contributed by atoms with van der Waals surface area (Å²) < 4.78 is 38.7. The van der Waals surface area contributed by atoms with Crippen LogP contribution in [0.25, 0.3) is 0 Å². The fraction of sp³-hybridized carbons (Fsp3) is 0.538. The van der Waals surface area contributed by atoms with Crippen LogP contribution in [0, 0.1) is 11.8 Å². The van der Waals surface area contributed by atoms with Crippen LogP contribution in [0.5, 0.6) is 0 Å². The fourth-order valence-electron chi connectivity index (χ4n) is 2.37. The zero-order valence-electron chi connectivity index (χ0n) is 12.9. The zero-order chi connectivity index (χ0) is 18.1. The summed E-state index contributed by atoms with van der Waals surface area (Å²) in [6.45, 7) is -1.22. The number of carboxylic acids is 1. The number of likely N-dealkylation sites (tertiary alicyclic amines) is 1. The lowest BCUT2D eigenvalue weighted by molar-refractivity contribution is -0.187. The molecule has 0 aromatic carbocycles. The first-order valence-corrected chi connectivity index (χ1v) is 6.94. The third-order valence-corrected chi connectivity index (χ3v) is 3.63. The summed E-state index contributed by atoms with van der Waals surface area (Å²) in [6.07, 6.45) is -2.06. The van der Waals surface area contributed by atoms with Crippen LogP contribution in [0.3, 0.4) is 0 Å². The van der Waals surface area contributed by atoms with Gasteiger partial charge < -0.3 is 20.2 Å². The average Bonchev–Trinajstić information content (AvgIpc) is 2.93. The molecule has 11 heteroatoms. The Kier molecular flexibility index (Phi) is 4.81. The number of carboxylic acid groups (broad SMARTS) is 1. The standard InChI is InChI=1S/C13H16F3N5O3/c1-20(2)11-17-3-7(4-18-11)19-12(24)21-5-8(10(22)23)9(6-21)13(14,15)16/h3-4,8-9H,5-6H2,1-2H3,(H,19,24)(H,22,23)/t8-,9-/m1/s1. The van der Waals surface area contributed by atoms with E-state index in [1.165, 1.54) is 12.4 Å². The van der Waals surface area contributed by atoms with E-state index >= 15 is 0 Å². The molecule has 2 atom stereocenters. The van der Waals surface area contributed by atoms with Crippen molar-refractivity contribution >= 4 is 23.6 Å². The van der Waals surface area contributed by atoms with E-state index in [1.54, 1.807) is 19.0 Å². The van der Waals surface area contributed by atoms with E-state index in [4.69, 9.17) is 5.11 Å². The molecule has 0 unspecified atom stereocenters. The molecule has 0 bridgehead atoms. The largest absolute Gasteiger partial charge is 0.481 e. The van der Waals surface area contributed by atoms with E-state index in [1.807, 2.05) is 0 Å². The van der Waals surface area contributed by atoms with Gasteiger partial charge in [-0.25, -0.2) is 14.8 Å². The van der Waals surface area contributed by atoms with Gasteiger partial charge in [0.05, 0.1) is 29.9 Å². The summed E-state index contributed by atoms with van der Waals surface area (Å²) in [6, 6.07) is -0.825. The molecule has 24 heavy (non-hydrogen) atoms. The molecule has 1 fully saturated rings. The molecule has 8 nitrogen and oxygen atoms in total. The molecular formula is C13H16F3N5O3. The molecule has 2 heterocycles. The van der Waals surface area contributed by atoms with Crippen LogP contribution in [0.15, 0.2) is 12.4 Å². The number of hydrogen-bond donors (Lipinski definition) is 2. The Balaban J connectivity index is 2.06. The first kappa shape index (κ1) is 17.8. The highest BCUT2D eigenvalue weighted by Crippen LogP contribution is 2.37. The number of hydrogen-bond acceptors (Lipinski definition) is 5. The number of rotatable bonds is 3. The second-order valence-electron chi connectivity index (χ2n) is 5.59. The molecule has 1 aliphatic rings. The zero-order valence-corrected chi connectivity index (χ0v) is 12.9. The van der Waals surface area contributed by atoms with Crippen LogP contribution in [-0.2, 0) is 4.79 Å². The van der Waals surface area contributed by atoms with Gasteiger partial charge in [0.2, 0.25) is 5.95 Å². The molecule has 2 amide bonds. The van der Waals surface area contributed by atoms with Gasteiger partial charge >= 0.3 is 18.2 Å². The van der Waals surface area contributed by atoms with Crippen LogP contribution >= 0.6 is 0 Å². The monoisotopic (exact) mass is 347 g/mol. The normalized spacial score (nSPS) is 20.8. The number of halogens is 3. The highest BCUT2D eigenvalue weighted by molar-refractivity contribution is 5.89. The molecule has 1 aromatic rings. The van der Waals surface area contributed by atoms with Crippen molar-refractivity contribution in [1.29, 1.82) is 0 Å². The highest BCUT2D eigenvalue weighted by atomic mass is 19.4. The molecule has 2 N–H and O–H groups in total. The molecule has 1 saturated heterocycles.